The molecule has 63 heavy (non-hydrogen) atoms. The smallest absolute Gasteiger partial charge is 0.306 e. The molecule has 1 atom stereocenters. The Labute approximate surface area is 389 Å². The number of unbranched alkanes of at least 4 members (excludes halogenated alkanes) is 24. The van der Waals surface area contributed by atoms with Crippen LogP contribution in [0.4, 0.5) is 0 Å². The molecule has 362 valence electrons. The van der Waals surface area contributed by atoms with Crippen LogP contribution < -0.4 is 0 Å². The van der Waals surface area contributed by atoms with Gasteiger partial charge in [0.15, 0.2) is 6.10 Å². The van der Waals surface area contributed by atoms with Gasteiger partial charge in [0.1, 0.15) is 13.2 Å². The lowest BCUT2D eigenvalue weighted by molar-refractivity contribution is -0.167. The summed E-state index contributed by atoms with van der Waals surface area (Å²) in [5.74, 6) is -0.960. The second-order valence-corrected chi connectivity index (χ2v) is 17.4. The molecule has 0 rings (SSSR count). The first-order chi connectivity index (χ1) is 31.0. The highest BCUT2D eigenvalue weighted by atomic mass is 16.6. The number of hydrogen-bond acceptors (Lipinski definition) is 6. The molecular weight excluding hydrogens is 781 g/mol. The van der Waals surface area contributed by atoms with E-state index in [1.54, 1.807) is 0 Å². The molecule has 0 spiro atoms. The van der Waals surface area contributed by atoms with Crippen molar-refractivity contribution in [3.05, 3.63) is 72.9 Å². The third-order valence-electron chi connectivity index (χ3n) is 11.2. The normalized spacial score (nSPS) is 12.6. The van der Waals surface area contributed by atoms with Crippen LogP contribution in [0, 0.1) is 0 Å². The van der Waals surface area contributed by atoms with Crippen LogP contribution in [0.3, 0.4) is 0 Å². The Morgan fingerprint density at radius 3 is 1.05 bits per heavy atom. The summed E-state index contributed by atoms with van der Waals surface area (Å²) >= 11 is 0. The van der Waals surface area contributed by atoms with Crippen molar-refractivity contribution in [1.29, 1.82) is 0 Å². The molecule has 1 unspecified atom stereocenters. The molecule has 0 fully saturated rings. The van der Waals surface area contributed by atoms with Gasteiger partial charge in [0, 0.05) is 19.3 Å². The summed E-state index contributed by atoms with van der Waals surface area (Å²) in [7, 11) is 0. The lowest BCUT2D eigenvalue weighted by Crippen LogP contribution is -2.30. The van der Waals surface area contributed by atoms with E-state index in [-0.39, 0.29) is 37.5 Å². The first kappa shape index (κ1) is 59.9. The zero-order valence-electron chi connectivity index (χ0n) is 41.3. The first-order valence-corrected chi connectivity index (χ1v) is 26.4. The molecule has 0 aliphatic heterocycles. The minimum absolute atomic E-state index is 0.0946. The first-order valence-electron chi connectivity index (χ1n) is 26.4. The van der Waals surface area contributed by atoms with Gasteiger partial charge in [-0.25, -0.2) is 0 Å². The van der Waals surface area contributed by atoms with Gasteiger partial charge in [-0.3, -0.25) is 14.4 Å². The molecule has 0 saturated heterocycles. The van der Waals surface area contributed by atoms with Gasteiger partial charge in [0.05, 0.1) is 0 Å². The number of allylic oxidation sites excluding steroid dienone is 12. The molecule has 0 aromatic heterocycles. The van der Waals surface area contributed by atoms with Crippen molar-refractivity contribution in [3.63, 3.8) is 0 Å². The van der Waals surface area contributed by atoms with Gasteiger partial charge in [0.2, 0.25) is 0 Å². The number of hydrogen-bond donors (Lipinski definition) is 0. The van der Waals surface area contributed by atoms with Crippen molar-refractivity contribution in [1.82, 2.24) is 0 Å². The zero-order valence-corrected chi connectivity index (χ0v) is 41.3. The number of ether oxygens (including phenoxy) is 3. The minimum atomic E-state index is -0.800. The molecule has 0 N–H and O–H groups in total. The summed E-state index contributed by atoms with van der Waals surface area (Å²) in [6.45, 7) is 6.47. The average molecular weight is 879 g/mol. The van der Waals surface area contributed by atoms with E-state index in [9.17, 15) is 14.4 Å². The van der Waals surface area contributed by atoms with Crippen LogP contribution >= 0.6 is 0 Å². The Kier molecular flexibility index (Phi) is 48.9. The molecule has 0 aliphatic rings. The lowest BCUT2D eigenvalue weighted by Gasteiger charge is -2.18. The van der Waals surface area contributed by atoms with E-state index in [1.807, 2.05) is 0 Å². The molecule has 0 bridgehead atoms. The Hall–Kier alpha value is -3.15. The largest absolute Gasteiger partial charge is 0.462 e. The third kappa shape index (κ3) is 49.7. The Bertz CT molecular complexity index is 1190. The Morgan fingerprint density at radius 1 is 0.333 bits per heavy atom. The molecular formula is C57H98O6. The standard InChI is InChI=1S/C57H98O6/c1-4-7-10-13-16-19-22-25-27-29-31-32-35-38-41-44-47-50-56(59)62-53-54(52-61-55(58)49-46-43-40-37-34-24-21-18-15-12-9-6-3)63-57(60)51-48-45-42-39-36-33-30-28-26-23-20-17-14-11-8-5-2/h7,10,16,19,25,27-28,30-32,38,41,54H,4-6,8-9,11-15,17-18,20-24,26,29,33-37,39-40,42-53H2,1-3H3/b10-7-,19-16-,27-25-,30-28-,32-31-,41-38-. The number of carbonyl (C=O) groups is 3. The van der Waals surface area contributed by atoms with E-state index in [0.717, 1.165) is 89.9 Å². The fourth-order valence-corrected chi connectivity index (χ4v) is 7.24. The summed E-state index contributed by atoms with van der Waals surface area (Å²) in [6, 6.07) is 0. The van der Waals surface area contributed by atoms with E-state index < -0.39 is 6.10 Å². The van der Waals surface area contributed by atoms with Gasteiger partial charge >= 0.3 is 17.9 Å². The van der Waals surface area contributed by atoms with Crippen molar-refractivity contribution in [2.75, 3.05) is 13.2 Å². The quantitative estimate of drug-likeness (QED) is 0.0262. The van der Waals surface area contributed by atoms with Crippen LogP contribution in [-0.4, -0.2) is 37.2 Å². The predicted molar refractivity (Wildman–Crippen MR) is 270 cm³/mol. The van der Waals surface area contributed by atoms with Crippen molar-refractivity contribution in [3.8, 4) is 0 Å². The number of rotatable bonds is 47. The van der Waals surface area contributed by atoms with Crippen LogP contribution in [0.1, 0.15) is 252 Å². The number of carbonyl (C=O) groups excluding carboxylic acids is 3. The van der Waals surface area contributed by atoms with E-state index in [4.69, 9.17) is 14.2 Å². The monoisotopic (exact) mass is 879 g/mol. The maximum atomic E-state index is 12.8. The molecule has 0 heterocycles. The molecule has 0 amide bonds. The Morgan fingerprint density at radius 2 is 0.635 bits per heavy atom. The third-order valence-corrected chi connectivity index (χ3v) is 11.2. The fraction of sp³-hybridized carbons (Fsp3) is 0.737. The Balaban J connectivity index is 4.47. The van der Waals surface area contributed by atoms with Gasteiger partial charge in [-0.1, -0.05) is 222 Å². The maximum absolute atomic E-state index is 12.8. The van der Waals surface area contributed by atoms with Crippen LogP contribution in [0.25, 0.3) is 0 Å². The number of esters is 3. The summed E-state index contributed by atoms with van der Waals surface area (Å²) in [4.78, 5) is 38.0. The van der Waals surface area contributed by atoms with E-state index in [1.165, 1.54) is 116 Å². The van der Waals surface area contributed by atoms with Crippen LogP contribution in [0.2, 0.25) is 0 Å². The summed E-state index contributed by atoms with van der Waals surface area (Å²) in [5, 5.41) is 0. The zero-order chi connectivity index (χ0) is 45.8. The molecule has 0 aliphatic carbocycles. The highest BCUT2D eigenvalue weighted by Crippen LogP contribution is 2.15. The van der Waals surface area contributed by atoms with Crippen LogP contribution in [-0.2, 0) is 28.6 Å². The van der Waals surface area contributed by atoms with Gasteiger partial charge in [-0.05, 0) is 83.5 Å². The van der Waals surface area contributed by atoms with Crippen molar-refractivity contribution in [2.24, 2.45) is 0 Å². The van der Waals surface area contributed by atoms with Crippen LogP contribution in [0.5, 0.6) is 0 Å². The molecule has 0 aromatic carbocycles. The minimum Gasteiger partial charge on any atom is -0.462 e. The fourth-order valence-electron chi connectivity index (χ4n) is 7.24. The second-order valence-electron chi connectivity index (χ2n) is 17.4. The van der Waals surface area contributed by atoms with E-state index in [0.29, 0.717) is 19.3 Å². The van der Waals surface area contributed by atoms with Gasteiger partial charge in [-0.2, -0.15) is 0 Å². The predicted octanol–water partition coefficient (Wildman–Crippen LogP) is 17.4. The van der Waals surface area contributed by atoms with E-state index in [2.05, 4.69) is 93.7 Å². The topological polar surface area (TPSA) is 78.9 Å². The van der Waals surface area contributed by atoms with Gasteiger partial charge in [0.25, 0.3) is 0 Å². The van der Waals surface area contributed by atoms with Crippen molar-refractivity contribution < 1.29 is 28.6 Å². The van der Waals surface area contributed by atoms with Crippen molar-refractivity contribution in [2.45, 2.75) is 258 Å². The summed E-state index contributed by atoms with van der Waals surface area (Å²) in [6.07, 6.45) is 64.6. The molecule has 0 aromatic rings. The molecule has 6 heteroatoms. The second kappa shape index (κ2) is 51.5. The van der Waals surface area contributed by atoms with E-state index >= 15 is 0 Å². The van der Waals surface area contributed by atoms with Gasteiger partial charge < -0.3 is 14.2 Å². The highest BCUT2D eigenvalue weighted by molar-refractivity contribution is 5.71. The molecule has 0 saturated carbocycles. The van der Waals surface area contributed by atoms with Crippen molar-refractivity contribution >= 4 is 17.9 Å². The van der Waals surface area contributed by atoms with Crippen LogP contribution in [0.15, 0.2) is 72.9 Å². The average Bonchev–Trinajstić information content (AvgIpc) is 3.28. The SMILES string of the molecule is CC/C=C\C/C=C\C/C=C\C/C=C\C/C=C\CCCC(=O)OCC(COC(=O)CCCCCCCCCCCCCC)OC(=O)CCCCCCC/C=C\CCCCCCCCC. The van der Waals surface area contributed by atoms with Gasteiger partial charge in [-0.15, -0.1) is 0 Å². The summed E-state index contributed by atoms with van der Waals surface area (Å²) in [5.41, 5.74) is 0. The maximum Gasteiger partial charge on any atom is 0.306 e. The molecule has 0 radical (unpaired) electrons. The lowest BCUT2D eigenvalue weighted by atomic mass is 10.0. The highest BCUT2D eigenvalue weighted by Gasteiger charge is 2.19. The summed E-state index contributed by atoms with van der Waals surface area (Å²) < 4.78 is 16.8. The molecule has 6 nitrogen and oxygen atoms in total.